The number of hydrogen-bond acceptors (Lipinski definition) is 1. The van der Waals surface area contributed by atoms with Gasteiger partial charge in [-0.2, -0.15) is 0 Å². The third-order valence-electron chi connectivity index (χ3n) is 3.32. The summed E-state index contributed by atoms with van der Waals surface area (Å²) in [6, 6.07) is 2.42. The van der Waals surface area contributed by atoms with Crippen LogP contribution in [-0.4, -0.2) is 16.0 Å². The minimum absolute atomic E-state index is 0.0226. The van der Waals surface area contributed by atoms with Gasteiger partial charge in [-0.05, 0) is 55.1 Å². The molecule has 0 bridgehead atoms. The highest BCUT2D eigenvalue weighted by atomic mass is 79.9. The minimum atomic E-state index is -0.151. The number of amides is 1. The van der Waals surface area contributed by atoms with Crippen molar-refractivity contribution in [1.82, 2.24) is 9.88 Å². The Hall–Kier alpha value is -0.770. The zero-order chi connectivity index (χ0) is 12.6. The quantitative estimate of drug-likeness (QED) is 0.907. The summed E-state index contributed by atoms with van der Waals surface area (Å²) >= 11 is 3.44. The van der Waals surface area contributed by atoms with Crippen molar-refractivity contribution in [3.05, 3.63) is 22.4 Å². The zero-order valence-corrected chi connectivity index (χ0v) is 12.2. The van der Waals surface area contributed by atoms with Gasteiger partial charge in [0.2, 0.25) is 0 Å². The molecule has 0 unspecified atom stereocenters. The Balaban J connectivity index is 2.18. The van der Waals surface area contributed by atoms with Crippen molar-refractivity contribution in [2.75, 3.05) is 0 Å². The highest BCUT2D eigenvalue weighted by Crippen LogP contribution is 2.37. The lowest BCUT2D eigenvalue weighted by molar-refractivity contribution is 0.0901. The first kappa shape index (κ1) is 12.7. The molecular weight excluding hydrogens is 280 g/mol. The van der Waals surface area contributed by atoms with E-state index >= 15 is 0 Å². The molecule has 1 aromatic heterocycles. The fourth-order valence-electron chi connectivity index (χ4n) is 1.74. The van der Waals surface area contributed by atoms with Gasteiger partial charge >= 0.3 is 0 Å². The fraction of sp³-hybridized carbons (Fsp3) is 0.615. The Morgan fingerprint density at radius 3 is 2.76 bits per heavy atom. The number of carbonyl (C=O) groups excluding carboxylic acids is 1. The van der Waals surface area contributed by atoms with E-state index in [9.17, 15) is 4.79 Å². The predicted octanol–water partition coefficient (Wildman–Crippen LogP) is 3.50. The third kappa shape index (κ3) is 2.92. The highest BCUT2D eigenvalue weighted by molar-refractivity contribution is 9.10. The van der Waals surface area contributed by atoms with E-state index in [2.05, 4.69) is 32.7 Å². The van der Waals surface area contributed by atoms with Gasteiger partial charge in [-0.25, -0.2) is 0 Å². The molecule has 0 saturated heterocycles. The number of hydrogen-bond donors (Lipinski definition) is 1. The van der Waals surface area contributed by atoms with E-state index in [0.717, 1.165) is 16.6 Å². The normalized spacial score (nSPS) is 16.0. The van der Waals surface area contributed by atoms with Crippen LogP contribution in [0.15, 0.2) is 16.7 Å². The van der Waals surface area contributed by atoms with Gasteiger partial charge in [0, 0.05) is 22.3 Å². The van der Waals surface area contributed by atoms with Gasteiger partial charge < -0.3 is 9.88 Å². The molecule has 0 atom stereocenters. The summed E-state index contributed by atoms with van der Waals surface area (Å²) in [5, 5.41) is 3.08. The predicted molar refractivity (Wildman–Crippen MR) is 72.2 cm³/mol. The Morgan fingerprint density at radius 1 is 1.59 bits per heavy atom. The maximum Gasteiger partial charge on any atom is 0.268 e. The molecule has 1 heterocycles. The molecule has 94 valence electrons. The van der Waals surface area contributed by atoms with Gasteiger partial charge in [0.1, 0.15) is 5.69 Å². The second kappa shape index (κ2) is 4.48. The maximum atomic E-state index is 12.2. The van der Waals surface area contributed by atoms with E-state index in [1.54, 1.807) is 0 Å². The maximum absolute atomic E-state index is 12.2. The number of carbonyl (C=O) groups is 1. The molecule has 1 aromatic rings. The Morgan fingerprint density at radius 2 is 2.24 bits per heavy atom. The van der Waals surface area contributed by atoms with E-state index in [1.165, 1.54) is 12.8 Å². The van der Waals surface area contributed by atoms with Crippen molar-refractivity contribution >= 4 is 21.8 Å². The molecule has 3 nitrogen and oxygen atoms in total. The Labute approximate surface area is 111 Å². The second-order valence-electron chi connectivity index (χ2n) is 5.37. The second-order valence-corrected chi connectivity index (χ2v) is 6.29. The Kier molecular flexibility index (Phi) is 3.34. The number of halogens is 1. The van der Waals surface area contributed by atoms with Crippen molar-refractivity contribution in [3.63, 3.8) is 0 Å². The van der Waals surface area contributed by atoms with E-state index < -0.39 is 0 Å². The minimum Gasteiger partial charge on any atom is -0.346 e. The molecule has 0 aromatic carbocycles. The van der Waals surface area contributed by atoms with Crippen LogP contribution in [0.2, 0.25) is 0 Å². The molecule has 17 heavy (non-hydrogen) atoms. The van der Waals surface area contributed by atoms with Crippen molar-refractivity contribution < 1.29 is 4.79 Å². The molecule has 0 aliphatic heterocycles. The number of aromatic nitrogens is 1. The van der Waals surface area contributed by atoms with Crippen LogP contribution >= 0.6 is 15.9 Å². The summed E-state index contributed by atoms with van der Waals surface area (Å²) in [4.78, 5) is 12.2. The van der Waals surface area contributed by atoms with Crippen molar-refractivity contribution in [2.45, 2.75) is 51.6 Å². The third-order valence-corrected chi connectivity index (χ3v) is 3.76. The number of rotatable bonds is 4. The lowest BCUT2D eigenvalue weighted by Gasteiger charge is -2.24. The SMILES string of the molecule is CCC(C)(C)NC(=O)c1cc(Br)cn1C1CC1. The smallest absolute Gasteiger partial charge is 0.268 e. The molecule has 1 amide bonds. The molecular formula is C13H19BrN2O. The van der Waals surface area contributed by atoms with Gasteiger partial charge in [-0.15, -0.1) is 0 Å². The zero-order valence-electron chi connectivity index (χ0n) is 10.6. The van der Waals surface area contributed by atoms with E-state index in [-0.39, 0.29) is 11.4 Å². The summed E-state index contributed by atoms with van der Waals surface area (Å²) in [7, 11) is 0. The van der Waals surface area contributed by atoms with Crippen LogP contribution in [0, 0.1) is 0 Å². The first-order valence-corrected chi connectivity index (χ1v) is 6.92. The Bertz CT molecular complexity index is 433. The first-order valence-electron chi connectivity index (χ1n) is 6.13. The topological polar surface area (TPSA) is 34.0 Å². The molecule has 1 aliphatic rings. The van der Waals surface area contributed by atoms with Crippen LogP contribution in [-0.2, 0) is 0 Å². The summed E-state index contributed by atoms with van der Waals surface area (Å²) in [6.07, 6.45) is 5.28. The van der Waals surface area contributed by atoms with Crippen LogP contribution in [0.25, 0.3) is 0 Å². The van der Waals surface area contributed by atoms with Crippen LogP contribution in [0.3, 0.4) is 0 Å². The molecule has 4 heteroatoms. The number of nitrogens with zero attached hydrogens (tertiary/aromatic N) is 1. The summed E-state index contributed by atoms with van der Waals surface area (Å²) < 4.78 is 3.06. The number of nitrogens with one attached hydrogen (secondary N) is 1. The van der Waals surface area contributed by atoms with Gasteiger partial charge in [0.15, 0.2) is 0 Å². The van der Waals surface area contributed by atoms with Crippen molar-refractivity contribution in [1.29, 1.82) is 0 Å². The molecule has 2 rings (SSSR count). The van der Waals surface area contributed by atoms with Crippen LogP contribution in [0.1, 0.15) is 56.6 Å². The van der Waals surface area contributed by atoms with Crippen molar-refractivity contribution in [3.8, 4) is 0 Å². The molecule has 1 fully saturated rings. The van der Waals surface area contributed by atoms with Crippen LogP contribution in [0.5, 0.6) is 0 Å². The van der Waals surface area contributed by atoms with E-state index in [1.807, 2.05) is 26.1 Å². The van der Waals surface area contributed by atoms with E-state index in [4.69, 9.17) is 0 Å². The summed E-state index contributed by atoms with van der Waals surface area (Å²) in [5.74, 6) is 0.0226. The van der Waals surface area contributed by atoms with Crippen LogP contribution < -0.4 is 5.32 Å². The largest absolute Gasteiger partial charge is 0.346 e. The van der Waals surface area contributed by atoms with Gasteiger partial charge in [-0.3, -0.25) is 4.79 Å². The molecule has 1 aliphatic carbocycles. The van der Waals surface area contributed by atoms with Gasteiger partial charge in [-0.1, -0.05) is 6.92 Å². The summed E-state index contributed by atoms with van der Waals surface area (Å²) in [5.41, 5.74) is 0.614. The van der Waals surface area contributed by atoms with Crippen molar-refractivity contribution in [2.24, 2.45) is 0 Å². The molecule has 1 N–H and O–H groups in total. The van der Waals surface area contributed by atoms with Crippen LogP contribution in [0.4, 0.5) is 0 Å². The molecule has 1 saturated carbocycles. The standard InChI is InChI=1S/C13H19BrN2O/c1-4-13(2,3)15-12(17)11-7-9(14)8-16(11)10-5-6-10/h7-8,10H,4-6H2,1-3H3,(H,15,17). The van der Waals surface area contributed by atoms with Gasteiger partial charge in [0.05, 0.1) is 0 Å². The van der Waals surface area contributed by atoms with Gasteiger partial charge in [0.25, 0.3) is 5.91 Å². The van der Waals surface area contributed by atoms with E-state index in [0.29, 0.717) is 6.04 Å². The molecule has 0 spiro atoms. The molecule has 0 radical (unpaired) electrons. The lowest BCUT2D eigenvalue weighted by atomic mass is 10.0. The average Bonchev–Trinajstić information content (AvgIpc) is 3.01. The first-order chi connectivity index (χ1) is 7.93. The summed E-state index contributed by atoms with van der Waals surface area (Å²) in [6.45, 7) is 6.17. The monoisotopic (exact) mass is 298 g/mol. The highest BCUT2D eigenvalue weighted by Gasteiger charge is 2.29. The lowest BCUT2D eigenvalue weighted by Crippen LogP contribution is -2.43. The average molecular weight is 299 g/mol. The fourth-order valence-corrected chi connectivity index (χ4v) is 2.18.